The van der Waals surface area contributed by atoms with Crippen LogP contribution in [0.1, 0.15) is 53.8 Å². The van der Waals surface area contributed by atoms with Gasteiger partial charge in [0.1, 0.15) is 5.82 Å². The number of imidazole rings is 1. The van der Waals surface area contributed by atoms with Crippen LogP contribution in [0.3, 0.4) is 0 Å². The van der Waals surface area contributed by atoms with E-state index in [0.717, 1.165) is 15.7 Å². The number of carboxylic acid groups (broad SMARTS) is 1. The minimum absolute atomic E-state index is 0.351. The van der Waals surface area contributed by atoms with Crippen molar-refractivity contribution in [1.82, 2.24) is 30.2 Å². The minimum Gasteiger partial charge on any atom is -0.476 e. The fraction of sp³-hybridized carbons (Fsp3) is 0.227. The van der Waals surface area contributed by atoms with Crippen molar-refractivity contribution in [3.8, 4) is 22.5 Å². The number of carboxylic acids is 1. The number of H-pyrrole nitrogens is 1. The van der Waals surface area contributed by atoms with Crippen molar-refractivity contribution in [3.63, 3.8) is 0 Å². The molecular weight excluding hydrogens is 416 g/mol. The van der Waals surface area contributed by atoms with E-state index in [-0.39, 0.29) is 6.54 Å². The maximum Gasteiger partial charge on any atom is 0.355 e. The van der Waals surface area contributed by atoms with Crippen LogP contribution in [0.25, 0.3) is 22.5 Å². The van der Waals surface area contributed by atoms with E-state index in [1.807, 2.05) is 18.2 Å². The fourth-order valence-electron chi connectivity index (χ4n) is 3.14. The molecule has 0 aliphatic heterocycles. The Morgan fingerprint density at radius 1 is 1.23 bits per heavy atom. The van der Waals surface area contributed by atoms with Crippen molar-refractivity contribution in [2.75, 3.05) is 0 Å². The van der Waals surface area contributed by atoms with Gasteiger partial charge in [0, 0.05) is 30.8 Å². The molecule has 0 atom stereocenters. The van der Waals surface area contributed by atoms with Gasteiger partial charge >= 0.3 is 5.97 Å². The van der Waals surface area contributed by atoms with Crippen LogP contribution >= 0.6 is 11.6 Å². The molecule has 9 heteroatoms. The third kappa shape index (κ3) is 4.34. The number of aromatic amines is 1. The number of benzene rings is 2. The number of aryl methyl sites for hydroxylation is 1. The summed E-state index contributed by atoms with van der Waals surface area (Å²) in [6.07, 6.45) is -10.8. The quantitative estimate of drug-likeness (QED) is 0.414. The molecule has 0 spiro atoms. The van der Waals surface area contributed by atoms with Gasteiger partial charge in [-0.05, 0) is 28.3 Å². The molecule has 2 heterocycles. The van der Waals surface area contributed by atoms with E-state index in [1.54, 1.807) is 30.3 Å². The first-order valence-electron chi connectivity index (χ1n) is 13.4. The van der Waals surface area contributed by atoms with E-state index < -0.39 is 48.6 Å². The minimum atomic E-state index is -3.68. The second kappa shape index (κ2) is 9.09. The maximum atomic E-state index is 12.0. The number of aromatic carboxylic acids is 1. The Labute approximate surface area is 196 Å². The lowest BCUT2D eigenvalue weighted by molar-refractivity contribution is 0.0685. The first kappa shape index (κ1) is 12.4. The van der Waals surface area contributed by atoms with Crippen LogP contribution in [0, 0.1) is 0 Å². The molecule has 0 aliphatic rings. The SMILES string of the molecule is [2H]C([2H])([2H])C([2H])([2H])C([2H])([2H])C([2H])([2H])c1nc(Cl)c(C(=O)O)n1Cc1ccc(-c2ccccc2-c2nn[nH]n2)cc1. The molecule has 0 fully saturated rings. The third-order valence-corrected chi connectivity index (χ3v) is 4.75. The first-order chi connectivity index (χ1) is 18.5. The van der Waals surface area contributed by atoms with Crippen molar-refractivity contribution >= 4 is 17.6 Å². The van der Waals surface area contributed by atoms with Gasteiger partial charge in [-0.1, -0.05) is 73.4 Å². The van der Waals surface area contributed by atoms with Crippen LogP contribution in [-0.2, 0) is 12.9 Å². The van der Waals surface area contributed by atoms with Crippen LogP contribution in [0.2, 0.25) is 5.15 Å². The van der Waals surface area contributed by atoms with Crippen molar-refractivity contribution in [1.29, 1.82) is 0 Å². The molecule has 0 amide bonds. The summed E-state index contributed by atoms with van der Waals surface area (Å²) in [7, 11) is 0. The number of carbonyl (C=O) groups is 1. The zero-order valence-corrected chi connectivity index (χ0v) is 16.6. The highest BCUT2D eigenvalue weighted by Gasteiger charge is 2.21. The average Bonchev–Trinajstić information content (AvgIpc) is 3.52. The van der Waals surface area contributed by atoms with E-state index >= 15 is 0 Å². The molecule has 2 aromatic heterocycles. The van der Waals surface area contributed by atoms with Gasteiger partial charge in [0.2, 0.25) is 5.82 Å². The monoisotopic (exact) mass is 445 g/mol. The average molecular weight is 446 g/mol. The van der Waals surface area contributed by atoms with Gasteiger partial charge in [-0.3, -0.25) is 0 Å². The van der Waals surface area contributed by atoms with E-state index in [1.165, 1.54) is 0 Å². The largest absolute Gasteiger partial charge is 0.476 e. The summed E-state index contributed by atoms with van der Waals surface area (Å²) in [5.41, 5.74) is 1.97. The molecule has 31 heavy (non-hydrogen) atoms. The molecule has 2 aromatic carbocycles. The van der Waals surface area contributed by atoms with Crippen molar-refractivity contribution in [2.45, 2.75) is 32.5 Å². The highest BCUT2D eigenvalue weighted by atomic mass is 35.5. The second-order valence-corrected chi connectivity index (χ2v) is 6.68. The Balaban J connectivity index is 1.77. The normalized spacial score (nSPS) is 17.1. The van der Waals surface area contributed by atoms with Gasteiger partial charge in [-0.15, -0.1) is 10.2 Å². The summed E-state index contributed by atoms with van der Waals surface area (Å²) in [4.78, 5) is 15.7. The van der Waals surface area contributed by atoms with Gasteiger partial charge in [-0.25, -0.2) is 9.78 Å². The maximum absolute atomic E-state index is 12.0. The number of halogens is 1. The van der Waals surface area contributed by atoms with Crippen molar-refractivity contribution in [3.05, 3.63) is 70.8 Å². The number of tetrazole rings is 1. The van der Waals surface area contributed by atoms with Crippen LogP contribution in [-0.4, -0.2) is 41.3 Å². The predicted molar refractivity (Wildman–Crippen MR) is 117 cm³/mol. The van der Waals surface area contributed by atoms with Gasteiger partial charge in [0.05, 0.1) is 0 Å². The van der Waals surface area contributed by atoms with Crippen LogP contribution < -0.4 is 0 Å². The van der Waals surface area contributed by atoms with Crippen LogP contribution in [0.4, 0.5) is 0 Å². The first-order valence-corrected chi connectivity index (χ1v) is 9.30. The van der Waals surface area contributed by atoms with Gasteiger partial charge in [0.15, 0.2) is 10.8 Å². The van der Waals surface area contributed by atoms with Gasteiger partial charge in [-0.2, -0.15) is 5.21 Å². The number of aromatic nitrogens is 6. The lowest BCUT2D eigenvalue weighted by Crippen LogP contribution is -2.13. The molecule has 0 saturated heterocycles. The van der Waals surface area contributed by atoms with E-state index in [9.17, 15) is 9.90 Å². The molecule has 0 saturated carbocycles. The predicted octanol–water partition coefficient (Wildman–Crippen LogP) is 4.47. The summed E-state index contributed by atoms with van der Waals surface area (Å²) in [5, 5.41) is 23.1. The highest BCUT2D eigenvalue weighted by Crippen LogP contribution is 2.30. The number of rotatable bonds is 8. The summed E-state index contributed by atoms with van der Waals surface area (Å²) in [6, 6.07) is 14.0. The van der Waals surface area contributed by atoms with E-state index in [4.69, 9.17) is 23.9 Å². The summed E-state index contributed by atoms with van der Waals surface area (Å²) in [5.74, 6) is -2.10. The Kier molecular flexibility index (Phi) is 3.63. The number of hydrogen-bond acceptors (Lipinski definition) is 5. The molecule has 0 unspecified atom stereocenters. The van der Waals surface area contributed by atoms with Crippen molar-refractivity contribution < 1.29 is 22.2 Å². The van der Waals surface area contributed by atoms with E-state index in [2.05, 4.69) is 25.6 Å². The molecular formula is C22H21ClN6O2. The highest BCUT2D eigenvalue weighted by molar-refractivity contribution is 6.32. The Morgan fingerprint density at radius 2 is 2.00 bits per heavy atom. The molecule has 0 radical (unpaired) electrons. The molecule has 158 valence electrons. The molecule has 0 aliphatic carbocycles. The zero-order valence-electron chi connectivity index (χ0n) is 24.8. The fourth-order valence-corrected chi connectivity index (χ4v) is 3.40. The van der Waals surface area contributed by atoms with E-state index in [0.29, 0.717) is 17.0 Å². The third-order valence-electron chi connectivity index (χ3n) is 4.48. The lowest BCUT2D eigenvalue weighted by Gasteiger charge is -2.12. The van der Waals surface area contributed by atoms with Gasteiger partial charge < -0.3 is 9.67 Å². The second-order valence-electron chi connectivity index (χ2n) is 6.32. The summed E-state index contributed by atoms with van der Waals surface area (Å²) < 4.78 is 72.1. The number of nitrogens with zero attached hydrogens (tertiary/aromatic N) is 5. The molecule has 2 N–H and O–H groups in total. The molecule has 8 nitrogen and oxygen atoms in total. The summed E-state index contributed by atoms with van der Waals surface area (Å²) >= 11 is 6.02. The van der Waals surface area contributed by atoms with Gasteiger partial charge in [0.25, 0.3) is 0 Å². The van der Waals surface area contributed by atoms with Crippen LogP contribution in [0.5, 0.6) is 0 Å². The van der Waals surface area contributed by atoms with Crippen molar-refractivity contribution in [2.24, 2.45) is 0 Å². The molecule has 4 aromatic rings. The smallest absolute Gasteiger partial charge is 0.355 e. The standard InChI is InChI=1S/C22H21ClN6O2/c1-2-3-8-18-24-20(23)19(22(30)31)29(18)13-14-9-11-15(12-10-14)16-6-4-5-7-17(16)21-25-27-28-26-21/h4-7,9-12H,2-3,8,13H2,1H3,(H,30,31)(H,25,26,27,28)/i1D3,2D2,3D2,8D2. The lowest BCUT2D eigenvalue weighted by atomic mass is 9.98. The number of nitrogens with one attached hydrogen (secondary N) is 1. The number of hydrogen-bond donors (Lipinski definition) is 2. The summed E-state index contributed by atoms with van der Waals surface area (Å²) in [6.45, 7) is -3.90. The topological polar surface area (TPSA) is 110 Å². The Morgan fingerprint density at radius 3 is 2.68 bits per heavy atom. The zero-order chi connectivity index (χ0) is 29.7. The molecule has 0 bridgehead atoms. The Bertz CT molecular complexity index is 1540. The molecule has 4 rings (SSSR count). The van der Waals surface area contributed by atoms with Crippen LogP contribution in [0.15, 0.2) is 48.5 Å². The Hall–Kier alpha value is -3.52.